The molecule has 0 bridgehead atoms. The maximum Gasteiger partial charge on any atom is 0.277 e. The number of anilines is 1. The first kappa shape index (κ1) is 12.5. The predicted octanol–water partition coefficient (Wildman–Crippen LogP) is 3.05. The minimum absolute atomic E-state index is 0.313. The van der Waals surface area contributed by atoms with Crippen LogP contribution in [0.1, 0.15) is 29.3 Å². The van der Waals surface area contributed by atoms with Crippen LogP contribution in [-0.2, 0) is 12.8 Å². The number of fused-ring (bicyclic) bond motifs is 1. The third-order valence-electron chi connectivity index (χ3n) is 3.89. The average molecular weight is 298 g/mol. The molecule has 0 saturated heterocycles. The van der Waals surface area contributed by atoms with E-state index < -0.39 is 0 Å². The van der Waals surface area contributed by atoms with Gasteiger partial charge in [-0.25, -0.2) is 4.98 Å². The van der Waals surface area contributed by atoms with E-state index in [0.29, 0.717) is 22.6 Å². The van der Waals surface area contributed by atoms with Crippen LogP contribution in [0, 0.1) is 0 Å². The zero-order valence-corrected chi connectivity index (χ0v) is 12.1. The first-order chi connectivity index (χ1) is 10.3. The summed E-state index contributed by atoms with van der Waals surface area (Å²) in [5, 5.41) is 6.48. The van der Waals surface area contributed by atoms with E-state index in [1.807, 2.05) is 5.38 Å². The van der Waals surface area contributed by atoms with E-state index in [1.54, 1.807) is 0 Å². The Balaban J connectivity index is 1.60. The number of hydrogen-bond donors (Lipinski definition) is 1. The summed E-state index contributed by atoms with van der Waals surface area (Å²) in [5.74, 6) is 1.54. The SMILES string of the molecule is Nc1nc(-c2nc(C3CCc4ccccc4C3)no2)cs1. The van der Waals surface area contributed by atoms with Gasteiger partial charge < -0.3 is 10.3 Å². The number of rotatable bonds is 2. The molecule has 2 heterocycles. The fourth-order valence-electron chi connectivity index (χ4n) is 2.81. The third kappa shape index (κ3) is 2.31. The summed E-state index contributed by atoms with van der Waals surface area (Å²) in [4.78, 5) is 8.68. The van der Waals surface area contributed by atoms with Crippen molar-refractivity contribution in [3.8, 4) is 11.6 Å². The molecule has 0 saturated carbocycles. The highest BCUT2D eigenvalue weighted by Gasteiger charge is 2.24. The van der Waals surface area contributed by atoms with Crippen LogP contribution < -0.4 is 5.73 Å². The highest BCUT2D eigenvalue weighted by molar-refractivity contribution is 7.13. The minimum Gasteiger partial charge on any atom is -0.375 e. The third-order valence-corrected chi connectivity index (χ3v) is 4.57. The van der Waals surface area contributed by atoms with E-state index in [9.17, 15) is 0 Å². The van der Waals surface area contributed by atoms with Crippen molar-refractivity contribution in [3.05, 3.63) is 46.6 Å². The van der Waals surface area contributed by atoms with E-state index in [4.69, 9.17) is 10.3 Å². The fourth-order valence-corrected chi connectivity index (χ4v) is 3.35. The topological polar surface area (TPSA) is 77.8 Å². The molecule has 2 N–H and O–H groups in total. The molecule has 1 aliphatic carbocycles. The highest BCUT2D eigenvalue weighted by atomic mass is 32.1. The van der Waals surface area contributed by atoms with E-state index in [2.05, 4.69) is 39.4 Å². The molecule has 1 aliphatic rings. The summed E-state index contributed by atoms with van der Waals surface area (Å²) in [6.45, 7) is 0. The summed E-state index contributed by atoms with van der Waals surface area (Å²) in [6.07, 6.45) is 3.08. The van der Waals surface area contributed by atoms with Crippen LogP contribution in [0.25, 0.3) is 11.6 Å². The van der Waals surface area contributed by atoms with Crippen molar-refractivity contribution in [3.63, 3.8) is 0 Å². The number of hydrogen-bond acceptors (Lipinski definition) is 6. The number of nitrogens with zero attached hydrogens (tertiary/aromatic N) is 3. The quantitative estimate of drug-likeness (QED) is 0.786. The Morgan fingerprint density at radius 3 is 2.86 bits per heavy atom. The minimum atomic E-state index is 0.313. The van der Waals surface area contributed by atoms with Crippen LogP contribution in [0.5, 0.6) is 0 Å². The molecule has 1 unspecified atom stereocenters. The smallest absolute Gasteiger partial charge is 0.277 e. The first-order valence-corrected chi connectivity index (χ1v) is 7.79. The van der Waals surface area contributed by atoms with E-state index in [-0.39, 0.29) is 0 Å². The summed E-state index contributed by atoms with van der Waals surface area (Å²) in [5.41, 5.74) is 9.12. The number of aryl methyl sites for hydroxylation is 1. The number of nitrogen functional groups attached to an aromatic ring is 1. The van der Waals surface area contributed by atoms with E-state index in [1.165, 1.54) is 22.5 Å². The lowest BCUT2D eigenvalue weighted by Crippen LogP contribution is -2.13. The first-order valence-electron chi connectivity index (χ1n) is 6.91. The van der Waals surface area contributed by atoms with Crippen LogP contribution in [-0.4, -0.2) is 15.1 Å². The maximum atomic E-state index is 5.64. The van der Waals surface area contributed by atoms with Gasteiger partial charge in [0, 0.05) is 11.3 Å². The Morgan fingerprint density at radius 2 is 2.05 bits per heavy atom. The zero-order valence-electron chi connectivity index (χ0n) is 11.3. The second kappa shape index (κ2) is 4.96. The van der Waals surface area contributed by atoms with Crippen LogP contribution in [0.2, 0.25) is 0 Å². The van der Waals surface area contributed by atoms with Crippen LogP contribution >= 0.6 is 11.3 Å². The van der Waals surface area contributed by atoms with Gasteiger partial charge in [-0.1, -0.05) is 29.4 Å². The number of aromatic nitrogens is 3. The number of nitrogens with two attached hydrogens (primary N) is 1. The largest absolute Gasteiger partial charge is 0.375 e. The number of thiazole rings is 1. The van der Waals surface area contributed by atoms with Crippen LogP contribution in [0.15, 0.2) is 34.2 Å². The molecule has 5 nitrogen and oxygen atoms in total. The van der Waals surface area contributed by atoms with Gasteiger partial charge in [0.2, 0.25) is 0 Å². The van der Waals surface area contributed by atoms with E-state index >= 15 is 0 Å². The van der Waals surface area contributed by atoms with Crippen molar-refractivity contribution >= 4 is 16.5 Å². The van der Waals surface area contributed by atoms with Crippen LogP contribution in [0.4, 0.5) is 5.13 Å². The van der Waals surface area contributed by atoms with E-state index in [0.717, 1.165) is 25.1 Å². The molecule has 1 aromatic carbocycles. The molecule has 2 aromatic heterocycles. The second-order valence-electron chi connectivity index (χ2n) is 5.24. The molecule has 4 rings (SSSR count). The van der Waals surface area contributed by atoms with Gasteiger partial charge in [-0.3, -0.25) is 0 Å². The van der Waals surface area contributed by atoms with Crippen molar-refractivity contribution < 1.29 is 4.52 Å². The van der Waals surface area contributed by atoms with Gasteiger partial charge in [-0.15, -0.1) is 11.3 Å². The highest BCUT2D eigenvalue weighted by Crippen LogP contribution is 2.32. The average Bonchev–Trinajstić information content (AvgIpc) is 3.15. The lowest BCUT2D eigenvalue weighted by Gasteiger charge is -2.21. The van der Waals surface area contributed by atoms with Gasteiger partial charge in [0.05, 0.1) is 0 Å². The molecule has 0 amide bonds. The maximum absolute atomic E-state index is 5.64. The van der Waals surface area contributed by atoms with Crippen molar-refractivity contribution in [2.45, 2.75) is 25.2 Å². The summed E-state index contributed by atoms with van der Waals surface area (Å²) in [6, 6.07) is 8.56. The van der Waals surface area contributed by atoms with Crippen molar-refractivity contribution in [1.82, 2.24) is 15.1 Å². The van der Waals surface area contributed by atoms with Gasteiger partial charge in [0.1, 0.15) is 5.69 Å². The second-order valence-corrected chi connectivity index (χ2v) is 6.13. The van der Waals surface area contributed by atoms with Gasteiger partial charge in [0.25, 0.3) is 5.89 Å². The number of benzene rings is 1. The molecule has 3 aromatic rings. The molecular formula is C15H14N4OS. The Labute approximate surface area is 125 Å². The van der Waals surface area contributed by atoms with Gasteiger partial charge in [-0.2, -0.15) is 4.98 Å². The summed E-state index contributed by atoms with van der Waals surface area (Å²) < 4.78 is 5.33. The fraction of sp³-hybridized carbons (Fsp3) is 0.267. The summed E-state index contributed by atoms with van der Waals surface area (Å²) >= 11 is 1.37. The zero-order chi connectivity index (χ0) is 14.2. The molecule has 0 spiro atoms. The molecule has 0 fully saturated rings. The Hall–Kier alpha value is -2.21. The lowest BCUT2D eigenvalue weighted by atomic mass is 9.83. The predicted molar refractivity (Wildman–Crippen MR) is 81.0 cm³/mol. The van der Waals surface area contributed by atoms with Gasteiger partial charge in [0.15, 0.2) is 11.0 Å². The molecule has 1 atom stereocenters. The molecule has 0 radical (unpaired) electrons. The monoisotopic (exact) mass is 298 g/mol. The normalized spacial score (nSPS) is 17.6. The van der Waals surface area contributed by atoms with Gasteiger partial charge >= 0.3 is 0 Å². The Kier molecular flexibility index (Phi) is 2.96. The Bertz CT molecular complexity index is 779. The molecule has 106 valence electrons. The van der Waals surface area contributed by atoms with Gasteiger partial charge in [-0.05, 0) is 30.4 Å². The molecule has 0 aliphatic heterocycles. The lowest BCUT2D eigenvalue weighted by molar-refractivity contribution is 0.409. The molecule has 21 heavy (non-hydrogen) atoms. The van der Waals surface area contributed by atoms with Crippen molar-refractivity contribution in [1.29, 1.82) is 0 Å². The van der Waals surface area contributed by atoms with Crippen molar-refractivity contribution in [2.75, 3.05) is 5.73 Å². The summed E-state index contributed by atoms with van der Waals surface area (Å²) in [7, 11) is 0. The molecule has 6 heteroatoms. The van der Waals surface area contributed by atoms with Crippen molar-refractivity contribution in [2.24, 2.45) is 0 Å². The Morgan fingerprint density at radius 1 is 1.19 bits per heavy atom. The molecular weight excluding hydrogens is 284 g/mol. The standard InChI is InChI=1S/C15H14N4OS/c16-15-17-12(8-21-15)14-18-13(19-20-14)11-6-5-9-3-1-2-4-10(9)7-11/h1-4,8,11H,5-7H2,(H2,16,17). The van der Waals surface area contributed by atoms with Crippen LogP contribution in [0.3, 0.4) is 0 Å².